The average Bonchev–Trinajstić information content (AvgIpc) is 2.81. The van der Waals surface area contributed by atoms with Crippen molar-refractivity contribution in [2.24, 2.45) is 0 Å². The number of benzene rings is 1. The van der Waals surface area contributed by atoms with Crippen LogP contribution in [0, 0.1) is 6.92 Å². The number of hydrogen-bond donors (Lipinski definition) is 1. The van der Waals surface area contributed by atoms with Crippen LogP contribution in [0.2, 0.25) is 0 Å². The van der Waals surface area contributed by atoms with Gasteiger partial charge in [-0.1, -0.05) is 30.3 Å². The van der Waals surface area contributed by atoms with Crippen LogP contribution in [0.4, 0.5) is 9.59 Å². The number of ether oxygens (including phenoxy) is 2. The topological polar surface area (TPSA) is 84.0 Å². The summed E-state index contributed by atoms with van der Waals surface area (Å²) in [7, 11) is 0. The summed E-state index contributed by atoms with van der Waals surface area (Å²) in [6.07, 6.45) is 1.81. The second kappa shape index (κ2) is 13.3. The minimum Gasteiger partial charge on any atom is -0.444 e. The minimum atomic E-state index is -0.565. The van der Waals surface area contributed by atoms with Crippen molar-refractivity contribution in [1.29, 1.82) is 0 Å². The van der Waals surface area contributed by atoms with Gasteiger partial charge in [0.1, 0.15) is 11.2 Å². The second-order valence-electron chi connectivity index (χ2n) is 12.4. The van der Waals surface area contributed by atoms with Gasteiger partial charge in [0.25, 0.3) is 0 Å². The van der Waals surface area contributed by atoms with E-state index in [2.05, 4.69) is 28.4 Å². The third-order valence-electron chi connectivity index (χ3n) is 6.35. The molecule has 214 valence electrons. The Balaban J connectivity index is 1.71. The number of amides is 2. The number of unbranched alkanes of at least 4 members (excludes halogenated alkanes) is 1. The molecule has 2 amide bonds. The van der Waals surface area contributed by atoms with Crippen LogP contribution in [-0.2, 0) is 29.0 Å². The molecule has 3 rings (SSSR count). The highest BCUT2D eigenvalue weighted by Gasteiger charge is 2.34. The molecule has 0 radical (unpaired) electrons. The molecular weight excluding hydrogens is 492 g/mol. The quantitative estimate of drug-likeness (QED) is 0.403. The van der Waals surface area contributed by atoms with Crippen LogP contribution in [0.25, 0.3) is 0 Å². The molecule has 1 aliphatic heterocycles. The molecule has 1 unspecified atom stereocenters. The van der Waals surface area contributed by atoms with E-state index in [0.717, 1.165) is 37.2 Å². The predicted molar refractivity (Wildman–Crippen MR) is 153 cm³/mol. The SMILES string of the molecule is Cc1cccc(CN(CCCCNC(=O)OC(C)(C)C)CC2Cc3ccccc3CN2C(=O)OC(C)(C)C)n1. The minimum absolute atomic E-state index is 0.0283. The molecule has 0 saturated heterocycles. The Morgan fingerprint density at radius 3 is 2.33 bits per heavy atom. The molecule has 0 saturated carbocycles. The van der Waals surface area contributed by atoms with Gasteiger partial charge >= 0.3 is 12.2 Å². The maximum atomic E-state index is 13.3. The van der Waals surface area contributed by atoms with E-state index < -0.39 is 17.3 Å². The van der Waals surface area contributed by atoms with Gasteiger partial charge < -0.3 is 14.8 Å². The number of nitrogens with one attached hydrogen (secondary N) is 1. The molecule has 2 heterocycles. The highest BCUT2D eigenvalue weighted by atomic mass is 16.6. The normalized spacial score (nSPS) is 15.6. The van der Waals surface area contributed by atoms with Crippen molar-refractivity contribution in [1.82, 2.24) is 20.1 Å². The Morgan fingerprint density at radius 2 is 1.67 bits per heavy atom. The van der Waals surface area contributed by atoms with Crippen molar-refractivity contribution in [2.45, 2.75) is 98.1 Å². The lowest BCUT2D eigenvalue weighted by molar-refractivity contribution is 0.00708. The van der Waals surface area contributed by atoms with E-state index in [4.69, 9.17) is 14.5 Å². The molecule has 1 aliphatic rings. The fourth-order valence-corrected chi connectivity index (χ4v) is 4.70. The third kappa shape index (κ3) is 10.5. The van der Waals surface area contributed by atoms with Gasteiger partial charge in [-0.25, -0.2) is 9.59 Å². The molecule has 1 aromatic heterocycles. The Bertz CT molecular complexity index is 1110. The molecule has 0 bridgehead atoms. The number of rotatable bonds is 9. The van der Waals surface area contributed by atoms with Gasteiger partial charge in [-0.2, -0.15) is 0 Å². The van der Waals surface area contributed by atoms with Crippen molar-refractivity contribution >= 4 is 12.2 Å². The molecule has 8 heteroatoms. The van der Waals surface area contributed by atoms with Gasteiger partial charge in [0.05, 0.1) is 11.7 Å². The van der Waals surface area contributed by atoms with Gasteiger partial charge in [0.2, 0.25) is 0 Å². The highest BCUT2D eigenvalue weighted by molar-refractivity contribution is 5.69. The first-order valence-electron chi connectivity index (χ1n) is 14.0. The summed E-state index contributed by atoms with van der Waals surface area (Å²) in [6, 6.07) is 14.4. The lowest BCUT2D eigenvalue weighted by Gasteiger charge is -2.40. The first-order chi connectivity index (χ1) is 18.3. The second-order valence-corrected chi connectivity index (χ2v) is 12.4. The molecule has 1 N–H and O–H groups in total. The molecule has 0 aliphatic carbocycles. The van der Waals surface area contributed by atoms with Gasteiger partial charge in [0, 0.05) is 31.9 Å². The number of alkyl carbamates (subject to hydrolysis) is 1. The van der Waals surface area contributed by atoms with Gasteiger partial charge in [0.15, 0.2) is 0 Å². The Labute approximate surface area is 234 Å². The molecule has 0 fully saturated rings. The summed E-state index contributed by atoms with van der Waals surface area (Å²) >= 11 is 0. The molecule has 39 heavy (non-hydrogen) atoms. The van der Waals surface area contributed by atoms with Crippen molar-refractivity contribution in [2.75, 3.05) is 19.6 Å². The van der Waals surface area contributed by atoms with Crippen LogP contribution in [0.15, 0.2) is 42.5 Å². The van der Waals surface area contributed by atoms with Crippen molar-refractivity contribution in [3.63, 3.8) is 0 Å². The molecule has 8 nitrogen and oxygen atoms in total. The fourth-order valence-electron chi connectivity index (χ4n) is 4.70. The number of fused-ring (bicyclic) bond motifs is 1. The summed E-state index contributed by atoms with van der Waals surface area (Å²) in [5, 5.41) is 2.84. The van der Waals surface area contributed by atoms with E-state index in [1.54, 1.807) is 0 Å². The number of nitrogens with zero attached hydrogens (tertiary/aromatic N) is 3. The summed E-state index contributed by atoms with van der Waals surface area (Å²) in [4.78, 5) is 34.3. The van der Waals surface area contributed by atoms with Gasteiger partial charge in [-0.05, 0) is 97.5 Å². The van der Waals surface area contributed by atoms with E-state index in [-0.39, 0.29) is 12.1 Å². The summed E-state index contributed by atoms with van der Waals surface area (Å²) < 4.78 is 11.1. The zero-order valence-electron chi connectivity index (χ0n) is 24.8. The number of aryl methyl sites for hydroxylation is 1. The summed E-state index contributed by atoms with van der Waals surface area (Å²) in [6.45, 7) is 16.5. The molecule has 2 aromatic rings. The zero-order chi connectivity index (χ0) is 28.6. The highest BCUT2D eigenvalue weighted by Crippen LogP contribution is 2.26. The van der Waals surface area contributed by atoms with E-state index in [9.17, 15) is 9.59 Å². The summed E-state index contributed by atoms with van der Waals surface area (Å²) in [5.74, 6) is 0. The summed E-state index contributed by atoms with van der Waals surface area (Å²) in [5.41, 5.74) is 3.35. The largest absolute Gasteiger partial charge is 0.444 e. The fraction of sp³-hybridized carbons (Fsp3) is 0.581. The van der Waals surface area contributed by atoms with E-state index in [1.807, 2.05) is 77.6 Å². The molecule has 0 spiro atoms. The lowest BCUT2D eigenvalue weighted by atomic mass is 9.94. The van der Waals surface area contributed by atoms with Crippen LogP contribution in [0.1, 0.15) is 76.9 Å². The molecule has 1 aromatic carbocycles. The van der Waals surface area contributed by atoms with E-state index >= 15 is 0 Å². The predicted octanol–water partition coefficient (Wildman–Crippen LogP) is 5.86. The first kappa shape index (κ1) is 30.4. The average molecular weight is 539 g/mol. The monoisotopic (exact) mass is 538 g/mol. The molecule has 1 atom stereocenters. The van der Waals surface area contributed by atoms with Crippen LogP contribution >= 0.6 is 0 Å². The van der Waals surface area contributed by atoms with Crippen LogP contribution in [-0.4, -0.2) is 63.8 Å². The first-order valence-corrected chi connectivity index (χ1v) is 14.0. The Morgan fingerprint density at radius 1 is 0.974 bits per heavy atom. The van der Waals surface area contributed by atoms with Crippen LogP contribution in [0.5, 0.6) is 0 Å². The Hall–Kier alpha value is -3.13. The molecular formula is C31H46N4O4. The standard InChI is InChI=1S/C31H46N4O4/c1-23-13-12-16-26(33-23)21-34(18-11-10-17-32-28(36)38-30(2,3)4)22-27-19-24-14-8-9-15-25(24)20-35(27)29(37)39-31(5,6)7/h8-9,12-16,27H,10-11,17-22H2,1-7H3,(H,32,36). The van der Waals surface area contributed by atoms with Crippen molar-refractivity contribution < 1.29 is 19.1 Å². The smallest absolute Gasteiger partial charge is 0.410 e. The lowest BCUT2D eigenvalue weighted by Crippen LogP contribution is -2.51. The number of pyridine rings is 1. The third-order valence-corrected chi connectivity index (χ3v) is 6.35. The maximum Gasteiger partial charge on any atom is 0.410 e. The van der Waals surface area contributed by atoms with Gasteiger partial charge in [-0.3, -0.25) is 14.8 Å². The number of carbonyl (C=O) groups excluding carboxylic acids is 2. The Kier molecular flexibility index (Phi) is 10.4. The number of hydrogen-bond acceptors (Lipinski definition) is 6. The van der Waals surface area contributed by atoms with Crippen molar-refractivity contribution in [3.8, 4) is 0 Å². The van der Waals surface area contributed by atoms with E-state index in [1.165, 1.54) is 11.1 Å². The van der Waals surface area contributed by atoms with Crippen LogP contribution in [0.3, 0.4) is 0 Å². The number of carbonyl (C=O) groups is 2. The van der Waals surface area contributed by atoms with Crippen molar-refractivity contribution in [3.05, 3.63) is 65.0 Å². The zero-order valence-corrected chi connectivity index (χ0v) is 24.8. The van der Waals surface area contributed by atoms with Crippen LogP contribution < -0.4 is 5.32 Å². The van der Waals surface area contributed by atoms with E-state index in [0.29, 0.717) is 26.2 Å². The maximum absolute atomic E-state index is 13.3. The van der Waals surface area contributed by atoms with Gasteiger partial charge in [-0.15, -0.1) is 0 Å². The number of aromatic nitrogens is 1.